The maximum Gasteiger partial charge on any atom is 0.244 e. The summed E-state index contributed by atoms with van der Waals surface area (Å²) in [7, 11) is -3.78. The summed E-state index contributed by atoms with van der Waals surface area (Å²) in [6, 6.07) is 11.1. The van der Waals surface area contributed by atoms with Crippen molar-refractivity contribution in [2.45, 2.75) is 46.2 Å². The fourth-order valence-electron chi connectivity index (χ4n) is 3.34. The molecule has 0 radical (unpaired) electrons. The molecule has 0 saturated heterocycles. The molecule has 0 spiro atoms. The van der Waals surface area contributed by atoms with Gasteiger partial charge in [-0.15, -0.1) is 0 Å². The van der Waals surface area contributed by atoms with Crippen molar-refractivity contribution >= 4 is 50.7 Å². The van der Waals surface area contributed by atoms with Crippen LogP contribution in [-0.2, 0) is 32.6 Å². The molecule has 186 valence electrons. The van der Waals surface area contributed by atoms with Gasteiger partial charge >= 0.3 is 0 Å². The zero-order valence-corrected chi connectivity index (χ0v) is 22.2. The average molecular weight is 529 g/mol. The van der Waals surface area contributed by atoms with Crippen LogP contribution in [0.3, 0.4) is 0 Å². The number of carbonyl (C=O) groups excluding carboxylic acids is 2. The molecular formula is C24H31Cl2N3O4S. The Morgan fingerprint density at radius 1 is 1.03 bits per heavy atom. The molecule has 0 aliphatic heterocycles. The maximum absolute atomic E-state index is 13.5. The quantitative estimate of drug-likeness (QED) is 0.472. The van der Waals surface area contributed by atoms with E-state index in [0.717, 1.165) is 29.0 Å². The van der Waals surface area contributed by atoms with E-state index < -0.39 is 28.5 Å². The summed E-state index contributed by atoms with van der Waals surface area (Å²) in [6.07, 6.45) is 2.58. The Bertz CT molecular complexity index is 1090. The molecule has 2 aromatic rings. The summed E-state index contributed by atoms with van der Waals surface area (Å²) in [5, 5.41) is 3.48. The van der Waals surface area contributed by atoms with Crippen molar-refractivity contribution in [3.8, 4) is 0 Å². The standard InChI is InChI=1S/C24H31Cl2N3O4S/c1-5-14-27-24(31)17(3)28(15-20-21(25)8-7-9-22(20)26)23(30)16-29(34(4,32)33)19-12-10-18(6-2)11-13-19/h7-13,17H,5-6,14-16H2,1-4H3,(H,27,31)/t17-/m1/s1. The first kappa shape index (κ1) is 28.0. The lowest BCUT2D eigenvalue weighted by atomic mass is 10.1. The van der Waals surface area contributed by atoms with Gasteiger partial charge in [0.2, 0.25) is 21.8 Å². The fraction of sp³-hybridized carbons (Fsp3) is 0.417. The first-order valence-corrected chi connectivity index (χ1v) is 13.7. The molecule has 0 aromatic heterocycles. The van der Waals surface area contributed by atoms with Crippen LogP contribution in [0.15, 0.2) is 42.5 Å². The molecule has 1 N–H and O–H groups in total. The van der Waals surface area contributed by atoms with Gasteiger partial charge in [-0.3, -0.25) is 13.9 Å². The molecule has 0 bridgehead atoms. The van der Waals surface area contributed by atoms with Crippen LogP contribution in [-0.4, -0.2) is 50.5 Å². The van der Waals surface area contributed by atoms with Crippen molar-refractivity contribution in [3.05, 3.63) is 63.6 Å². The predicted molar refractivity (Wildman–Crippen MR) is 138 cm³/mol. The van der Waals surface area contributed by atoms with E-state index in [2.05, 4.69) is 5.32 Å². The molecule has 7 nitrogen and oxygen atoms in total. The van der Waals surface area contributed by atoms with E-state index in [1.165, 1.54) is 4.90 Å². The molecular weight excluding hydrogens is 497 g/mol. The van der Waals surface area contributed by atoms with Crippen LogP contribution in [0.5, 0.6) is 0 Å². The molecule has 2 aromatic carbocycles. The molecule has 2 rings (SSSR count). The Kier molecular flexibility index (Phi) is 10.2. The van der Waals surface area contributed by atoms with E-state index in [9.17, 15) is 18.0 Å². The highest BCUT2D eigenvalue weighted by Crippen LogP contribution is 2.27. The lowest BCUT2D eigenvalue weighted by molar-refractivity contribution is -0.139. The second-order valence-corrected chi connectivity index (χ2v) is 10.7. The number of amides is 2. The zero-order valence-electron chi connectivity index (χ0n) is 19.8. The monoisotopic (exact) mass is 527 g/mol. The number of hydrogen-bond acceptors (Lipinski definition) is 4. The second-order valence-electron chi connectivity index (χ2n) is 7.98. The van der Waals surface area contributed by atoms with Gasteiger partial charge < -0.3 is 10.2 Å². The Balaban J connectivity index is 2.42. The van der Waals surface area contributed by atoms with Crippen LogP contribution < -0.4 is 9.62 Å². The highest BCUT2D eigenvalue weighted by atomic mass is 35.5. The molecule has 0 aliphatic rings. The summed E-state index contributed by atoms with van der Waals surface area (Å²) in [5.74, 6) is -0.906. The normalized spacial score (nSPS) is 12.2. The SMILES string of the molecule is CCCNC(=O)[C@@H](C)N(Cc1c(Cl)cccc1Cl)C(=O)CN(c1ccc(CC)cc1)S(C)(=O)=O. The summed E-state index contributed by atoms with van der Waals surface area (Å²) < 4.78 is 26.2. The number of halogens is 2. The van der Waals surface area contributed by atoms with Gasteiger partial charge in [0.15, 0.2) is 0 Å². The first-order valence-electron chi connectivity index (χ1n) is 11.1. The van der Waals surface area contributed by atoms with E-state index >= 15 is 0 Å². The first-order chi connectivity index (χ1) is 16.0. The van der Waals surface area contributed by atoms with Gasteiger partial charge in [0.1, 0.15) is 12.6 Å². The number of anilines is 1. The van der Waals surface area contributed by atoms with Gasteiger partial charge in [0.05, 0.1) is 11.9 Å². The number of sulfonamides is 1. The molecule has 0 heterocycles. The van der Waals surface area contributed by atoms with E-state index in [0.29, 0.717) is 27.8 Å². The number of nitrogens with one attached hydrogen (secondary N) is 1. The summed E-state index contributed by atoms with van der Waals surface area (Å²) in [5.41, 5.74) is 1.89. The van der Waals surface area contributed by atoms with Crippen LogP contribution in [0.25, 0.3) is 0 Å². The molecule has 0 fully saturated rings. The van der Waals surface area contributed by atoms with Gasteiger partial charge in [0.25, 0.3) is 0 Å². The summed E-state index contributed by atoms with van der Waals surface area (Å²) >= 11 is 12.6. The van der Waals surface area contributed by atoms with Crippen molar-refractivity contribution < 1.29 is 18.0 Å². The van der Waals surface area contributed by atoms with Crippen molar-refractivity contribution in [3.63, 3.8) is 0 Å². The maximum atomic E-state index is 13.5. The topological polar surface area (TPSA) is 86.8 Å². The van der Waals surface area contributed by atoms with Gasteiger partial charge in [-0.2, -0.15) is 0 Å². The van der Waals surface area contributed by atoms with Crippen molar-refractivity contribution in [1.29, 1.82) is 0 Å². The second kappa shape index (κ2) is 12.4. The third-order valence-corrected chi connectivity index (χ3v) is 7.27. The van der Waals surface area contributed by atoms with E-state index in [1.807, 2.05) is 26.0 Å². The van der Waals surface area contributed by atoms with Crippen molar-refractivity contribution in [2.24, 2.45) is 0 Å². The van der Waals surface area contributed by atoms with Crippen molar-refractivity contribution in [1.82, 2.24) is 10.2 Å². The highest BCUT2D eigenvalue weighted by molar-refractivity contribution is 7.92. The van der Waals surface area contributed by atoms with E-state index in [1.54, 1.807) is 37.3 Å². The largest absolute Gasteiger partial charge is 0.354 e. The highest BCUT2D eigenvalue weighted by Gasteiger charge is 2.30. The van der Waals surface area contributed by atoms with Crippen molar-refractivity contribution in [2.75, 3.05) is 23.7 Å². The Labute approximate surface area is 212 Å². The van der Waals surface area contributed by atoms with Crippen LogP contribution in [0.1, 0.15) is 38.3 Å². The van der Waals surface area contributed by atoms with Gasteiger partial charge in [-0.25, -0.2) is 8.42 Å². The minimum Gasteiger partial charge on any atom is -0.354 e. The van der Waals surface area contributed by atoms with E-state index in [-0.39, 0.29) is 12.5 Å². The van der Waals surface area contributed by atoms with Gasteiger partial charge in [-0.05, 0) is 49.6 Å². The Morgan fingerprint density at radius 2 is 1.62 bits per heavy atom. The third-order valence-electron chi connectivity index (χ3n) is 5.42. The molecule has 10 heteroatoms. The molecule has 34 heavy (non-hydrogen) atoms. The number of aryl methyl sites for hydroxylation is 1. The molecule has 0 aliphatic carbocycles. The number of benzene rings is 2. The zero-order chi connectivity index (χ0) is 25.5. The van der Waals surface area contributed by atoms with Gasteiger partial charge in [-0.1, -0.05) is 55.2 Å². The lowest BCUT2D eigenvalue weighted by Crippen LogP contribution is -2.51. The van der Waals surface area contributed by atoms with Crippen LogP contribution in [0.4, 0.5) is 5.69 Å². The smallest absolute Gasteiger partial charge is 0.244 e. The fourth-order valence-corrected chi connectivity index (χ4v) is 4.71. The Hall–Kier alpha value is -2.29. The minimum atomic E-state index is -3.78. The molecule has 0 unspecified atom stereocenters. The lowest BCUT2D eigenvalue weighted by Gasteiger charge is -2.32. The van der Waals surface area contributed by atoms with Crippen LogP contribution >= 0.6 is 23.2 Å². The molecule has 2 amide bonds. The Morgan fingerprint density at radius 3 is 2.12 bits per heavy atom. The molecule has 0 saturated carbocycles. The van der Waals surface area contributed by atoms with Crippen LogP contribution in [0, 0.1) is 0 Å². The summed E-state index contributed by atoms with van der Waals surface area (Å²) in [6.45, 7) is 5.44. The van der Waals surface area contributed by atoms with Crippen LogP contribution in [0.2, 0.25) is 10.0 Å². The van der Waals surface area contributed by atoms with E-state index in [4.69, 9.17) is 23.2 Å². The summed E-state index contributed by atoms with van der Waals surface area (Å²) in [4.78, 5) is 27.5. The average Bonchev–Trinajstić information content (AvgIpc) is 2.79. The molecule has 1 atom stereocenters. The predicted octanol–water partition coefficient (Wildman–Crippen LogP) is 4.27. The number of hydrogen-bond donors (Lipinski definition) is 1. The number of nitrogens with zero attached hydrogens (tertiary/aromatic N) is 2. The minimum absolute atomic E-state index is 0.0512. The number of carbonyl (C=O) groups is 2. The number of rotatable bonds is 11. The third kappa shape index (κ3) is 7.35. The van der Waals surface area contributed by atoms with Gasteiger partial charge in [0, 0.05) is 28.7 Å².